The summed E-state index contributed by atoms with van der Waals surface area (Å²) in [5.74, 6) is -0.748. The Morgan fingerprint density at radius 3 is 2.50 bits per heavy atom. The molecule has 1 aliphatic rings. The molecule has 1 aliphatic carbocycles. The van der Waals surface area contributed by atoms with Crippen LogP contribution in [-0.4, -0.2) is 17.3 Å². The average molecular weight is 263 g/mol. The molecule has 6 heteroatoms. The Bertz CT molecular complexity index is 433. The van der Waals surface area contributed by atoms with Crippen LogP contribution >= 0.6 is 0 Å². The number of rotatable bonds is 2. The zero-order valence-corrected chi connectivity index (χ0v) is 9.47. The highest BCUT2D eigenvalue weighted by atomic mass is 19.4. The van der Waals surface area contributed by atoms with Gasteiger partial charge in [0.15, 0.2) is 0 Å². The minimum atomic E-state index is -4.50. The Balaban J connectivity index is 2.21. The average Bonchev–Trinajstić information content (AvgIpc) is 2.66. The monoisotopic (exact) mass is 263 g/mol. The number of aliphatic hydroxyl groups is 1. The molecule has 0 spiro atoms. The van der Waals surface area contributed by atoms with E-state index in [0.717, 1.165) is 18.6 Å². The van der Waals surface area contributed by atoms with Gasteiger partial charge in [-0.25, -0.2) is 4.39 Å². The lowest BCUT2D eigenvalue weighted by atomic mass is 10.1. The maximum absolute atomic E-state index is 13.4. The smallest absolute Gasteiger partial charge is 0.391 e. The fraction of sp³-hybridized carbons (Fsp3) is 0.500. The topological polar surface area (TPSA) is 32.3 Å². The number of alkyl halides is 3. The van der Waals surface area contributed by atoms with Gasteiger partial charge in [-0.1, -0.05) is 0 Å². The number of hydrogen-bond acceptors (Lipinski definition) is 2. The first-order chi connectivity index (χ1) is 8.38. The van der Waals surface area contributed by atoms with E-state index in [4.69, 9.17) is 0 Å². The molecule has 1 fully saturated rings. The van der Waals surface area contributed by atoms with Crippen molar-refractivity contribution in [3.05, 3.63) is 29.6 Å². The molecule has 2 N–H and O–H groups in total. The molecule has 2 nitrogen and oxygen atoms in total. The summed E-state index contributed by atoms with van der Waals surface area (Å²) in [6.07, 6.45) is -3.16. The molecule has 18 heavy (non-hydrogen) atoms. The minimum absolute atomic E-state index is 0.212. The SMILES string of the molecule is OC1CCCC1Nc1cc(C(F)(F)F)ccc1F. The summed E-state index contributed by atoms with van der Waals surface area (Å²) >= 11 is 0. The molecule has 0 heterocycles. The van der Waals surface area contributed by atoms with Crippen LogP contribution in [0.1, 0.15) is 24.8 Å². The second kappa shape index (κ2) is 4.76. The lowest BCUT2D eigenvalue weighted by molar-refractivity contribution is -0.137. The molecule has 2 atom stereocenters. The van der Waals surface area contributed by atoms with Gasteiger partial charge in [0.25, 0.3) is 0 Å². The highest BCUT2D eigenvalue weighted by Gasteiger charge is 2.32. The second-order valence-corrected chi connectivity index (χ2v) is 4.44. The Labute approximate surface area is 102 Å². The lowest BCUT2D eigenvalue weighted by Crippen LogP contribution is -2.28. The summed E-state index contributed by atoms with van der Waals surface area (Å²) in [5.41, 5.74) is -1.12. The number of benzene rings is 1. The predicted molar refractivity (Wildman–Crippen MR) is 58.7 cm³/mol. The van der Waals surface area contributed by atoms with Gasteiger partial charge in [-0.2, -0.15) is 13.2 Å². The Morgan fingerprint density at radius 1 is 1.22 bits per heavy atom. The molecule has 0 bridgehead atoms. The maximum Gasteiger partial charge on any atom is 0.416 e. The molecule has 0 aliphatic heterocycles. The van der Waals surface area contributed by atoms with Gasteiger partial charge in [-0.05, 0) is 37.5 Å². The van der Waals surface area contributed by atoms with Crippen LogP contribution in [0.25, 0.3) is 0 Å². The Hall–Kier alpha value is -1.30. The first kappa shape index (κ1) is 13.1. The summed E-state index contributed by atoms with van der Waals surface area (Å²) in [6.45, 7) is 0. The molecular weight excluding hydrogens is 250 g/mol. The lowest BCUT2D eigenvalue weighted by Gasteiger charge is -2.19. The highest BCUT2D eigenvalue weighted by Crippen LogP contribution is 2.33. The quantitative estimate of drug-likeness (QED) is 0.803. The van der Waals surface area contributed by atoms with Crippen LogP contribution in [0.4, 0.5) is 23.2 Å². The van der Waals surface area contributed by atoms with Crippen LogP contribution in [0.15, 0.2) is 18.2 Å². The molecule has 0 radical (unpaired) electrons. The highest BCUT2D eigenvalue weighted by molar-refractivity contribution is 5.49. The van der Waals surface area contributed by atoms with E-state index in [1.54, 1.807) is 0 Å². The van der Waals surface area contributed by atoms with Gasteiger partial charge < -0.3 is 10.4 Å². The molecule has 1 aromatic carbocycles. The number of halogens is 4. The van der Waals surface area contributed by atoms with Gasteiger partial charge in [0.1, 0.15) is 5.82 Å². The van der Waals surface area contributed by atoms with E-state index in [-0.39, 0.29) is 11.7 Å². The van der Waals surface area contributed by atoms with E-state index in [0.29, 0.717) is 18.9 Å². The van der Waals surface area contributed by atoms with Crippen molar-refractivity contribution in [2.45, 2.75) is 37.6 Å². The Morgan fingerprint density at radius 2 is 1.94 bits per heavy atom. The number of aliphatic hydroxyl groups excluding tert-OH is 1. The molecule has 2 unspecified atom stereocenters. The van der Waals surface area contributed by atoms with E-state index in [1.807, 2.05) is 0 Å². The Kier molecular flexibility index (Phi) is 3.47. The van der Waals surface area contributed by atoms with Crippen molar-refractivity contribution in [1.29, 1.82) is 0 Å². The van der Waals surface area contributed by atoms with Gasteiger partial charge in [0.05, 0.1) is 23.4 Å². The third kappa shape index (κ3) is 2.75. The molecule has 0 amide bonds. The van der Waals surface area contributed by atoms with Crippen LogP contribution in [0.2, 0.25) is 0 Å². The van der Waals surface area contributed by atoms with Gasteiger partial charge in [0.2, 0.25) is 0 Å². The van der Waals surface area contributed by atoms with E-state index >= 15 is 0 Å². The zero-order chi connectivity index (χ0) is 13.3. The van der Waals surface area contributed by atoms with Gasteiger partial charge in [-0.3, -0.25) is 0 Å². The molecule has 1 saturated carbocycles. The normalized spacial score (nSPS) is 24.3. The van der Waals surface area contributed by atoms with Gasteiger partial charge in [0, 0.05) is 0 Å². The summed E-state index contributed by atoms with van der Waals surface area (Å²) in [7, 11) is 0. The third-order valence-electron chi connectivity index (χ3n) is 3.11. The molecule has 1 aromatic rings. The first-order valence-corrected chi connectivity index (χ1v) is 5.69. The van der Waals surface area contributed by atoms with E-state index in [2.05, 4.69) is 5.32 Å². The summed E-state index contributed by atoms with van der Waals surface area (Å²) in [5, 5.41) is 12.2. The second-order valence-electron chi connectivity index (χ2n) is 4.44. The number of anilines is 1. The van der Waals surface area contributed by atoms with Crippen molar-refractivity contribution in [3.63, 3.8) is 0 Å². The third-order valence-corrected chi connectivity index (χ3v) is 3.11. The first-order valence-electron chi connectivity index (χ1n) is 5.69. The summed E-state index contributed by atoms with van der Waals surface area (Å²) in [6, 6.07) is 1.83. The van der Waals surface area contributed by atoms with E-state index in [9.17, 15) is 22.7 Å². The van der Waals surface area contributed by atoms with Gasteiger partial charge in [-0.15, -0.1) is 0 Å². The van der Waals surface area contributed by atoms with Crippen molar-refractivity contribution < 1.29 is 22.7 Å². The minimum Gasteiger partial charge on any atom is -0.391 e. The standard InChI is InChI=1S/C12H13F4NO/c13-8-5-4-7(12(14,15)16)6-10(8)17-9-2-1-3-11(9)18/h4-6,9,11,17-18H,1-3H2. The number of nitrogens with one attached hydrogen (secondary N) is 1. The largest absolute Gasteiger partial charge is 0.416 e. The van der Waals surface area contributed by atoms with Crippen molar-refractivity contribution in [3.8, 4) is 0 Å². The molecule has 0 saturated heterocycles. The molecule has 100 valence electrons. The molecule has 0 aromatic heterocycles. The maximum atomic E-state index is 13.4. The number of hydrogen-bond donors (Lipinski definition) is 2. The fourth-order valence-electron chi connectivity index (χ4n) is 2.12. The predicted octanol–water partition coefficient (Wildman–Crippen LogP) is 3.17. The van der Waals surface area contributed by atoms with Crippen molar-refractivity contribution in [2.75, 3.05) is 5.32 Å². The van der Waals surface area contributed by atoms with Gasteiger partial charge >= 0.3 is 6.18 Å². The summed E-state index contributed by atoms with van der Waals surface area (Å²) < 4.78 is 50.9. The molecule has 2 rings (SSSR count). The fourth-order valence-corrected chi connectivity index (χ4v) is 2.12. The van der Waals surface area contributed by atoms with Crippen LogP contribution < -0.4 is 5.32 Å². The van der Waals surface area contributed by atoms with Crippen molar-refractivity contribution in [2.24, 2.45) is 0 Å². The van der Waals surface area contributed by atoms with E-state index in [1.165, 1.54) is 0 Å². The van der Waals surface area contributed by atoms with Crippen LogP contribution in [0.5, 0.6) is 0 Å². The molecular formula is C12H13F4NO. The van der Waals surface area contributed by atoms with Crippen molar-refractivity contribution in [1.82, 2.24) is 0 Å². The van der Waals surface area contributed by atoms with Crippen LogP contribution in [0, 0.1) is 5.82 Å². The van der Waals surface area contributed by atoms with Crippen LogP contribution in [-0.2, 0) is 6.18 Å². The zero-order valence-electron chi connectivity index (χ0n) is 9.47. The van der Waals surface area contributed by atoms with Crippen molar-refractivity contribution >= 4 is 5.69 Å². The van der Waals surface area contributed by atoms with Crippen LogP contribution in [0.3, 0.4) is 0 Å². The summed E-state index contributed by atoms with van der Waals surface area (Å²) in [4.78, 5) is 0. The van der Waals surface area contributed by atoms with E-state index < -0.39 is 23.7 Å².